The molecule has 0 atom stereocenters. The highest BCUT2D eigenvalue weighted by atomic mass is 32.1. The van der Waals surface area contributed by atoms with Gasteiger partial charge in [0.2, 0.25) is 0 Å². The number of fused-ring (bicyclic) bond motifs is 1. The smallest absolute Gasteiger partial charge is 0.394 e. The molecule has 3 N–H and O–H groups in total. The molecule has 3 aromatic carbocycles. The number of carboxylic acids is 1. The highest BCUT2D eigenvalue weighted by Crippen LogP contribution is 2.34. The van der Waals surface area contributed by atoms with Gasteiger partial charge in [0.1, 0.15) is 10.7 Å². The summed E-state index contributed by atoms with van der Waals surface area (Å²) >= 11 is 0.611. The number of aromatic nitrogens is 1. The average Bonchev–Trinajstić information content (AvgIpc) is 3.18. The van der Waals surface area contributed by atoms with Crippen LogP contribution in [0.25, 0.3) is 10.8 Å². The van der Waals surface area contributed by atoms with Crippen molar-refractivity contribution in [2.75, 3.05) is 10.6 Å². The first-order chi connectivity index (χ1) is 15.8. The van der Waals surface area contributed by atoms with Gasteiger partial charge in [0, 0.05) is 11.8 Å². The fraction of sp³-hybridized carbons (Fsp3) is 0. The van der Waals surface area contributed by atoms with E-state index in [0.717, 1.165) is 29.0 Å². The molecule has 0 radical (unpaired) electrons. The van der Waals surface area contributed by atoms with Gasteiger partial charge in [-0.3, -0.25) is 14.9 Å². The lowest BCUT2D eigenvalue weighted by Crippen LogP contribution is -2.23. The van der Waals surface area contributed by atoms with Gasteiger partial charge in [-0.2, -0.15) is 4.98 Å². The molecule has 0 spiro atoms. The number of halogens is 2. The second-order valence-electron chi connectivity index (χ2n) is 6.61. The first-order valence-electron chi connectivity index (χ1n) is 9.28. The summed E-state index contributed by atoms with van der Waals surface area (Å²) in [5.41, 5.74) is 0.432. The normalized spacial score (nSPS) is 10.6. The molecule has 2 amide bonds. The van der Waals surface area contributed by atoms with Gasteiger partial charge in [-0.05, 0) is 35.0 Å². The number of anilines is 2. The van der Waals surface area contributed by atoms with E-state index in [1.807, 2.05) is 29.6 Å². The molecule has 166 valence electrons. The molecule has 0 aliphatic rings. The van der Waals surface area contributed by atoms with Gasteiger partial charge in [-0.1, -0.05) is 41.7 Å². The van der Waals surface area contributed by atoms with Gasteiger partial charge in [0.05, 0.1) is 0 Å². The number of carboxylic acid groups (broad SMARTS) is 1. The molecular weight excluding hydrogens is 456 g/mol. The molecule has 4 aromatic rings. The van der Waals surface area contributed by atoms with E-state index in [1.165, 1.54) is 0 Å². The van der Waals surface area contributed by atoms with E-state index in [-0.39, 0.29) is 10.1 Å². The molecule has 11 heteroatoms. The van der Waals surface area contributed by atoms with Crippen LogP contribution in [0.5, 0.6) is 10.9 Å². The lowest BCUT2D eigenvalue weighted by molar-refractivity contribution is -0.147. The molecule has 0 bridgehead atoms. The Hall–Kier alpha value is -4.38. The van der Waals surface area contributed by atoms with E-state index in [9.17, 15) is 23.2 Å². The molecule has 4 rings (SSSR count). The average molecular weight is 469 g/mol. The van der Waals surface area contributed by atoms with Crippen molar-refractivity contribution in [2.45, 2.75) is 0 Å². The number of carbonyl (C=O) groups is 3. The van der Waals surface area contributed by atoms with Gasteiger partial charge >= 0.3 is 11.9 Å². The van der Waals surface area contributed by atoms with Gasteiger partial charge in [-0.25, -0.2) is 13.6 Å². The third-order valence-corrected chi connectivity index (χ3v) is 5.27. The summed E-state index contributed by atoms with van der Waals surface area (Å²) in [5.74, 6) is -6.52. The fourth-order valence-corrected chi connectivity index (χ4v) is 3.63. The Morgan fingerprint density at radius 2 is 1.70 bits per heavy atom. The highest BCUT2D eigenvalue weighted by Gasteiger charge is 2.24. The summed E-state index contributed by atoms with van der Waals surface area (Å²) in [7, 11) is 0. The van der Waals surface area contributed by atoms with Crippen molar-refractivity contribution in [1.82, 2.24) is 4.98 Å². The molecular formula is C22H13F2N3O5S. The predicted octanol–water partition coefficient (Wildman–Crippen LogP) is 4.64. The van der Waals surface area contributed by atoms with E-state index >= 15 is 0 Å². The fourth-order valence-electron chi connectivity index (χ4n) is 2.85. The molecule has 0 unspecified atom stereocenters. The van der Waals surface area contributed by atoms with Crippen molar-refractivity contribution < 1.29 is 33.0 Å². The number of nitrogens with one attached hydrogen (secondary N) is 2. The predicted molar refractivity (Wildman–Crippen MR) is 117 cm³/mol. The number of rotatable bonds is 5. The number of amides is 2. The van der Waals surface area contributed by atoms with E-state index in [2.05, 4.69) is 10.3 Å². The Bertz CT molecular complexity index is 1410. The first kappa shape index (κ1) is 21.8. The van der Waals surface area contributed by atoms with Crippen LogP contribution in [0.3, 0.4) is 0 Å². The van der Waals surface area contributed by atoms with Crippen LogP contribution in [0.4, 0.5) is 20.3 Å². The lowest BCUT2D eigenvalue weighted by Gasteiger charge is -2.06. The van der Waals surface area contributed by atoms with Crippen LogP contribution in [0.15, 0.2) is 60.7 Å². The Morgan fingerprint density at radius 1 is 0.939 bits per heavy atom. The molecule has 33 heavy (non-hydrogen) atoms. The van der Waals surface area contributed by atoms with Crippen molar-refractivity contribution in [3.63, 3.8) is 0 Å². The third kappa shape index (κ3) is 4.93. The minimum Gasteiger partial charge on any atom is -0.474 e. The molecule has 1 aromatic heterocycles. The summed E-state index contributed by atoms with van der Waals surface area (Å²) in [6, 6.07) is 15.2. The van der Waals surface area contributed by atoms with E-state index < -0.39 is 41.0 Å². The second-order valence-corrected chi connectivity index (χ2v) is 7.57. The molecule has 0 fully saturated rings. The van der Waals surface area contributed by atoms with Gasteiger partial charge < -0.3 is 15.2 Å². The monoisotopic (exact) mass is 469 g/mol. The number of ether oxygens (including phenoxy) is 1. The molecule has 0 saturated carbocycles. The lowest BCUT2D eigenvalue weighted by atomic mass is 10.1. The second kappa shape index (κ2) is 9.01. The maximum Gasteiger partial charge on any atom is 0.394 e. The summed E-state index contributed by atoms with van der Waals surface area (Å²) in [5, 5.41) is 15.0. The topological polar surface area (TPSA) is 118 Å². The van der Waals surface area contributed by atoms with Crippen molar-refractivity contribution in [3.05, 3.63) is 77.2 Å². The van der Waals surface area contributed by atoms with Gasteiger partial charge in [-0.15, -0.1) is 0 Å². The molecule has 0 aliphatic carbocycles. The van der Waals surface area contributed by atoms with Crippen LogP contribution < -0.4 is 15.4 Å². The number of thiazole rings is 1. The van der Waals surface area contributed by atoms with Crippen molar-refractivity contribution >= 4 is 51.4 Å². The first-order valence-corrected chi connectivity index (χ1v) is 10.1. The van der Waals surface area contributed by atoms with E-state index in [0.29, 0.717) is 17.0 Å². The molecule has 0 saturated heterocycles. The summed E-state index contributed by atoms with van der Waals surface area (Å²) in [4.78, 5) is 39.1. The quantitative estimate of drug-likeness (QED) is 0.367. The van der Waals surface area contributed by atoms with Gasteiger partial charge in [0.25, 0.3) is 11.1 Å². The zero-order valence-corrected chi connectivity index (χ0v) is 17.3. The minimum absolute atomic E-state index is 0.204. The maximum absolute atomic E-state index is 13.9. The Kier molecular flexibility index (Phi) is 5.96. The number of carbonyl (C=O) groups excluding carboxylic acids is 2. The zero-order valence-electron chi connectivity index (χ0n) is 16.5. The number of benzene rings is 3. The van der Waals surface area contributed by atoms with Crippen LogP contribution in [-0.2, 0) is 9.59 Å². The van der Waals surface area contributed by atoms with E-state index in [4.69, 9.17) is 9.84 Å². The number of nitrogens with zero attached hydrogens (tertiary/aromatic N) is 1. The Morgan fingerprint density at radius 3 is 2.45 bits per heavy atom. The Balaban J connectivity index is 1.65. The summed E-state index contributed by atoms with van der Waals surface area (Å²) in [6.07, 6.45) is 0. The number of hydrogen-bond donors (Lipinski definition) is 3. The SMILES string of the molecule is O=C(O)C(=O)Nc1nc(Oc2cc(F)ccc2F)sc1C(=O)Nc1ccc2ccccc2c1. The van der Waals surface area contributed by atoms with Crippen LogP contribution in [0, 0.1) is 11.6 Å². The van der Waals surface area contributed by atoms with Crippen LogP contribution in [-0.4, -0.2) is 27.9 Å². The standard InChI is InChI=1S/C22H13F2N3O5S/c23-13-6-8-15(24)16(10-13)32-22-27-18(26-20(29)21(30)31)17(33-22)19(28)25-14-7-5-11-3-1-2-4-12(11)9-14/h1-10H,(H,25,28)(H,26,29)(H,30,31). The van der Waals surface area contributed by atoms with Crippen LogP contribution in [0.1, 0.15) is 9.67 Å². The molecule has 1 heterocycles. The summed E-state index contributed by atoms with van der Waals surface area (Å²) < 4.78 is 32.6. The zero-order chi connectivity index (χ0) is 23.5. The minimum atomic E-state index is -1.80. The number of aliphatic carboxylic acids is 1. The van der Waals surface area contributed by atoms with Crippen molar-refractivity contribution in [1.29, 1.82) is 0 Å². The maximum atomic E-state index is 13.9. The van der Waals surface area contributed by atoms with Crippen molar-refractivity contribution in [2.24, 2.45) is 0 Å². The van der Waals surface area contributed by atoms with Crippen LogP contribution in [0.2, 0.25) is 0 Å². The van der Waals surface area contributed by atoms with Crippen LogP contribution >= 0.6 is 11.3 Å². The largest absolute Gasteiger partial charge is 0.474 e. The number of hydrogen-bond acceptors (Lipinski definition) is 6. The van der Waals surface area contributed by atoms with E-state index in [1.54, 1.807) is 18.2 Å². The third-order valence-electron chi connectivity index (χ3n) is 4.34. The molecule has 8 nitrogen and oxygen atoms in total. The highest BCUT2D eigenvalue weighted by molar-refractivity contribution is 7.16. The van der Waals surface area contributed by atoms with Crippen molar-refractivity contribution in [3.8, 4) is 10.9 Å². The Labute approximate surface area is 188 Å². The van der Waals surface area contributed by atoms with Gasteiger partial charge in [0.15, 0.2) is 17.4 Å². The molecule has 0 aliphatic heterocycles. The summed E-state index contributed by atoms with van der Waals surface area (Å²) in [6.45, 7) is 0.